The molecule has 0 unspecified atom stereocenters. The van der Waals surface area contributed by atoms with Gasteiger partial charge in [0, 0.05) is 0 Å². The first-order valence-electron chi connectivity index (χ1n) is 13.8. The maximum absolute atomic E-state index is 13.1. The molecule has 0 saturated heterocycles. The highest BCUT2D eigenvalue weighted by Gasteiger charge is 2.37. The minimum Gasteiger partial charge on any atom is -0.413 e. The molecule has 0 atom stereocenters. The van der Waals surface area contributed by atoms with Gasteiger partial charge in [0.05, 0.1) is 19.1 Å². The molecule has 0 aliphatic carbocycles. The Hall–Kier alpha value is -2.06. The summed E-state index contributed by atoms with van der Waals surface area (Å²) in [5, 5.41) is 0.344. The van der Waals surface area contributed by atoms with Crippen LogP contribution in [0.15, 0.2) is 60.7 Å². The van der Waals surface area contributed by atoms with Gasteiger partial charge in [0.1, 0.15) is 5.78 Å². The summed E-state index contributed by atoms with van der Waals surface area (Å²) >= 11 is 0. The predicted octanol–water partition coefficient (Wildman–Crippen LogP) is 9.48. The molecule has 3 nitrogen and oxygen atoms in total. The Bertz CT molecular complexity index is 1050. The fourth-order valence-electron chi connectivity index (χ4n) is 3.75. The Balaban J connectivity index is 2.32. The average molecular weight is 551 g/mol. The van der Waals surface area contributed by atoms with E-state index in [1.807, 2.05) is 24.3 Å². The van der Waals surface area contributed by atoms with Gasteiger partial charge in [-0.3, -0.25) is 4.79 Å². The molecule has 2 rings (SSSR count). The fraction of sp³-hybridized carbons (Fsp3) is 0.485. The monoisotopic (exact) mass is 550 g/mol. The third kappa shape index (κ3) is 8.47. The van der Waals surface area contributed by atoms with Crippen molar-refractivity contribution in [3.63, 3.8) is 0 Å². The van der Waals surface area contributed by atoms with E-state index in [1.54, 1.807) is 6.92 Å². The van der Waals surface area contributed by atoms with Crippen LogP contribution in [0.4, 0.5) is 0 Å². The van der Waals surface area contributed by atoms with Crippen molar-refractivity contribution in [1.29, 1.82) is 0 Å². The van der Waals surface area contributed by atoms with E-state index in [0.29, 0.717) is 13.2 Å². The summed E-state index contributed by atoms with van der Waals surface area (Å²) < 4.78 is 12.7. The molecule has 0 saturated carbocycles. The van der Waals surface area contributed by atoms with Crippen molar-refractivity contribution in [3.8, 4) is 0 Å². The second-order valence-corrected chi connectivity index (χ2v) is 22.9. The number of hydrogen-bond donors (Lipinski definition) is 0. The van der Waals surface area contributed by atoms with Crippen LogP contribution in [0.2, 0.25) is 36.3 Å². The molecule has 0 N–H and O–H groups in total. The zero-order chi connectivity index (χ0) is 28.8. The van der Waals surface area contributed by atoms with E-state index in [0.717, 1.165) is 22.3 Å². The van der Waals surface area contributed by atoms with Gasteiger partial charge in [-0.2, -0.15) is 0 Å². The Morgan fingerprint density at radius 3 is 1.37 bits per heavy atom. The van der Waals surface area contributed by atoms with Crippen LogP contribution in [-0.4, -0.2) is 35.6 Å². The number of benzene rings is 2. The Morgan fingerprint density at radius 1 is 0.711 bits per heavy atom. The summed E-state index contributed by atoms with van der Waals surface area (Å²) in [6.07, 6.45) is 8.37. The quantitative estimate of drug-likeness (QED) is 0.261. The third-order valence-corrected chi connectivity index (χ3v) is 17.3. The lowest BCUT2D eigenvalue weighted by atomic mass is 9.83. The van der Waals surface area contributed by atoms with Crippen molar-refractivity contribution in [2.24, 2.45) is 0 Å². The van der Waals surface area contributed by atoms with Crippen molar-refractivity contribution < 1.29 is 13.6 Å². The molecule has 0 fully saturated rings. The van der Waals surface area contributed by atoms with E-state index in [1.165, 1.54) is 0 Å². The topological polar surface area (TPSA) is 35.5 Å². The second-order valence-electron chi connectivity index (χ2n) is 13.2. The van der Waals surface area contributed by atoms with Gasteiger partial charge in [-0.1, -0.05) is 114 Å². The van der Waals surface area contributed by atoms with Crippen LogP contribution in [0.25, 0.3) is 12.2 Å². The second kappa shape index (κ2) is 12.9. The van der Waals surface area contributed by atoms with Gasteiger partial charge >= 0.3 is 0 Å². The van der Waals surface area contributed by atoms with E-state index in [2.05, 4.69) is 116 Å². The van der Waals surface area contributed by atoms with E-state index < -0.39 is 16.6 Å². The summed E-state index contributed by atoms with van der Waals surface area (Å²) in [7, 11) is -3.63. The van der Waals surface area contributed by atoms with Gasteiger partial charge in [-0.05, 0) is 65.4 Å². The molecule has 0 bridgehead atoms. The molecule has 38 heavy (non-hydrogen) atoms. The Morgan fingerprint density at radius 2 is 1.05 bits per heavy atom. The maximum atomic E-state index is 13.1. The Kier molecular flexibility index (Phi) is 10.9. The molecule has 0 aliphatic heterocycles. The zero-order valence-electron chi connectivity index (χ0n) is 25.6. The van der Waals surface area contributed by atoms with Crippen LogP contribution in [0.1, 0.15) is 76.6 Å². The molecule has 0 aliphatic rings. The van der Waals surface area contributed by atoms with E-state index in [4.69, 9.17) is 8.85 Å². The highest BCUT2D eigenvalue weighted by Crippen LogP contribution is 2.37. The average Bonchev–Trinajstić information content (AvgIpc) is 2.80. The maximum Gasteiger partial charge on any atom is 0.192 e. The van der Waals surface area contributed by atoms with Crippen molar-refractivity contribution >= 4 is 34.6 Å². The van der Waals surface area contributed by atoms with Gasteiger partial charge in [0.15, 0.2) is 16.6 Å². The summed E-state index contributed by atoms with van der Waals surface area (Å²) in [5.41, 5.74) is 4.13. The van der Waals surface area contributed by atoms with Crippen LogP contribution >= 0.6 is 0 Å². The number of Topliss-reactive ketones (excluding diaryl/α,β-unsaturated/α-hetero) is 1. The number of ketones is 1. The fourth-order valence-corrected chi connectivity index (χ4v) is 5.64. The number of hydrogen-bond acceptors (Lipinski definition) is 3. The molecule has 0 heterocycles. The van der Waals surface area contributed by atoms with Gasteiger partial charge in [-0.25, -0.2) is 0 Å². The van der Waals surface area contributed by atoms with Gasteiger partial charge in [0.2, 0.25) is 0 Å². The van der Waals surface area contributed by atoms with Gasteiger partial charge in [0.25, 0.3) is 0 Å². The standard InChI is InChI=1S/C33H50O3Si2/c1-26(34)31(29-22-14-12-18-27(29)20-16-24-35-37(8,9)32(2,3)4)30-23-15-13-19-28(30)21-17-25-36-38(10,11)33(5,6)7/h12-23,31H,24-25H2,1-11H3/b20-16+,21-17+. The predicted molar refractivity (Wildman–Crippen MR) is 170 cm³/mol. The van der Waals surface area contributed by atoms with Gasteiger partial charge in [-0.15, -0.1) is 0 Å². The highest BCUT2D eigenvalue weighted by atomic mass is 28.4. The molecule has 0 amide bonds. The molecule has 2 aromatic rings. The Labute approximate surface area is 234 Å². The molecule has 0 aromatic heterocycles. The molecular weight excluding hydrogens is 501 g/mol. The zero-order valence-corrected chi connectivity index (χ0v) is 27.6. The van der Waals surface area contributed by atoms with Crippen LogP contribution in [0, 0.1) is 0 Å². The SMILES string of the molecule is CC(=O)C(c1ccccc1/C=C/CO[Si](C)(C)C(C)(C)C)c1ccccc1/C=C/CO[Si](C)(C)C(C)(C)C. The lowest BCUT2D eigenvalue weighted by Gasteiger charge is -2.35. The first-order chi connectivity index (χ1) is 17.5. The first-order valence-corrected chi connectivity index (χ1v) is 19.6. The lowest BCUT2D eigenvalue weighted by molar-refractivity contribution is -0.117. The lowest BCUT2D eigenvalue weighted by Crippen LogP contribution is -2.40. The molecule has 5 heteroatoms. The molecule has 0 radical (unpaired) electrons. The largest absolute Gasteiger partial charge is 0.413 e. The first kappa shape index (κ1) is 32.2. The van der Waals surface area contributed by atoms with Crippen molar-refractivity contribution in [2.75, 3.05) is 13.2 Å². The van der Waals surface area contributed by atoms with E-state index >= 15 is 0 Å². The molecular formula is C33H50O3Si2. The van der Waals surface area contributed by atoms with Crippen LogP contribution in [0.3, 0.4) is 0 Å². The van der Waals surface area contributed by atoms with E-state index in [-0.39, 0.29) is 21.8 Å². The minimum absolute atomic E-state index is 0.127. The number of carbonyl (C=O) groups excluding carboxylic acids is 1. The third-order valence-electron chi connectivity index (χ3n) is 8.31. The summed E-state index contributed by atoms with van der Waals surface area (Å²) in [5.74, 6) is -0.221. The van der Waals surface area contributed by atoms with Crippen molar-refractivity contribution in [3.05, 3.63) is 82.9 Å². The molecule has 208 valence electrons. The van der Waals surface area contributed by atoms with Crippen LogP contribution < -0.4 is 0 Å². The number of rotatable bonds is 11. The summed E-state index contributed by atoms with van der Waals surface area (Å²) in [4.78, 5) is 13.1. The van der Waals surface area contributed by atoms with Crippen LogP contribution in [-0.2, 0) is 13.6 Å². The molecule has 0 spiro atoms. The highest BCUT2D eigenvalue weighted by molar-refractivity contribution is 6.74. The smallest absolute Gasteiger partial charge is 0.192 e. The van der Waals surface area contributed by atoms with Gasteiger partial charge < -0.3 is 8.85 Å². The van der Waals surface area contributed by atoms with Crippen molar-refractivity contribution in [1.82, 2.24) is 0 Å². The summed E-state index contributed by atoms with van der Waals surface area (Å²) in [6.45, 7) is 25.4. The minimum atomic E-state index is -1.82. The number of carbonyl (C=O) groups is 1. The summed E-state index contributed by atoms with van der Waals surface area (Å²) in [6, 6.07) is 16.4. The van der Waals surface area contributed by atoms with Crippen LogP contribution in [0.5, 0.6) is 0 Å². The normalized spacial score (nSPS) is 13.7. The molecule has 2 aromatic carbocycles. The van der Waals surface area contributed by atoms with Crippen molar-refractivity contribution in [2.45, 2.75) is 90.6 Å². The van der Waals surface area contributed by atoms with E-state index in [9.17, 15) is 4.79 Å².